The van der Waals surface area contributed by atoms with Crippen LogP contribution in [0.2, 0.25) is 10.0 Å². The maximum atomic E-state index is 11.7. The lowest BCUT2D eigenvalue weighted by Crippen LogP contribution is -2.32. The van der Waals surface area contributed by atoms with E-state index in [0.717, 1.165) is 5.56 Å². The van der Waals surface area contributed by atoms with E-state index in [0.29, 0.717) is 20.9 Å². The third kappa shape index (κ3) is 4.48. The second-order valence-electron chi connectivity index (χ2n) is 5.89. The number of carboxylic acid groups (broad SMARTS) is 2. The molecular formula is C19H14Cl2N2O4. The first kappa shape index (κ1) is 18.9. The quantitative estimate of drug-likeness (QED) is 0.564. The molecule has 8 heteroatoms. The lowest BCUT2D eigenvalue weighted by Gasteiger charge is -2.17. The van der Waals surface area contributed by atoms with Crippen molar-refractivity contribution in [1.29, 1.82) is 0 Å². The van der Waals surface area contributed by atoms with Crippen LogP contribution in [0.5, 0.6) is 0 Å². The molecule has 3 aromatic rings. The summed E-state index contributed by atoms with van der Waals surface area (Å²) in [7, 11) is 0. The Morgan fingerprint density at radius 2 is 1.67 bits per heavy atom. The van der Waals surface area contributed by atoms with Crippen molar-refractivity contribution in [2.24, 2.45) is 0 Å². The van der Waals surface area contributed by atoms with Crippen LogP contribution in [0.1, 0.15) is 15.9 Å². The average Bonchev–Trinajstić information content (AvgIpc) is 2.62. The van der Waals surface area contributed by atoms with Gasteiger partial charge in [-0.15, -0.1) is 0 Å². The van der Waals surface area contributed by atoms with Gasteiger partial charge in [0, 0.05) is 21.9 Å². The smallest absolute Gasteiger partial charge is 0.339 e. The van der Waals surface area contributed by atoms with Crippen molar-refractivity contribution in [3.8, 4) is 0 Å². The lowest BCUT2D eigenvalue weighted by atomic mass is 10.1. The molecule has 0 spiro atoms. The molecule has 3 rings (SSSR count). The van der Waals surface area contributed by atoms with E-state index in [4.69, 9.17) is 23.2 Å². The topological polar surface area (TPSA) is 99.5 Å². The number of halogens is 2. The zero-order valence-electron chi connectivity index (χ0n) is 13.8. The maximum absolute atomic E-state index is 11.7. The second-order valence-corrected chi connectivity index (χ2v) is 6.77. The van der Waals surface area contributed by atoms with Gasteiger partial charge in [0.1, 0.15) is 17.4 Å². The Bertz CT molecular complexity index is 1020. The molecule has 1 atom stereocenters. The van der Waals surface area contributed by atoms with Crippen LogP contribution < -0.4 is 5.32 Å². The van der Waals surface area contributed by atoms with Crippen molar-refractivity contribution in [1.82, 2.24) is 4.98 Å². The third-order valence-corrected chi connectivity index (χ3v) is 4.46. The zero-order chi connectivity index (χ0) is 19.6. The Kier molecular flexibility index (Phi) is 5.48. The number of carbonyl (C=O) groups is 2. The molecule has 0 bridgehead atoms. The van der Waals surface area contributed by atoms with E-state index < -0.39 is 18.0 Å². The molecule has 3 N–H and O–H groups in total. The molecule has 0 aliphatic carbocycles. The first-order valence-corrected chi connectivity index (χ1v) is 8.66. The van der Waals surface area contributed by atoms with Crippen LogP contribution in [0, 0.1) is 0 Å². The summed E-state index contributed by atoms with van der Waals surface area (Å²) < 4.78 is 0. The molecule has 0 aliphatic rings. The number of nitrogens with zero attached hydrogens (tertiary/aromatic N) is 1. The molecule has 0 unspecified atom stereocenters. The van der Waals surface area contributed by atoms with Crippen LogP contribution in [0.25, 0.3) is 10.9 Å². The molecule has 6 nitrogen and oxygen atoms in total. The number of fused-ring (bicyclic) bond motifs is 1. The van der Waals surface area contributed by atoms with Crippen LogP contribution in [-0.2, 0) is 11.2 Å². The van der Waals surface area contributed by atoms with Gasteiger partial charge in [0.25, 0.3) is 0 Å². The van der Waals surface area contributed by atoms with Gasteiger partial charge in [-0.3, -0.25) is 0 Å². The van der Waals surface area contributed by atoms with Gasteiger partial charge in [-0.2, -0.15) is 0 Å². The fraction of sp³-hybridized carbons (Fsp3) is 0.105. The Labute approximate surface area is 164 Å². The average molecular weight is 405 g/mol. The number of hydrogen-bond donors (Lipinski definition) is 3. The summed E-state index contributed by atoms with van der Waals surface area (Å²) in [5.41, 5.74) is 1.11. The monoisotopic (exact) mass is 404 g/mol. The van der Waals surface area contributed by atoms with Crippen LogP contribution in [0.3, 0.4) is 0 Å². The Balaban J connectivity index is 1.97. The number of hydrogen-bond acceptors (Lipinski definition) is 4. The SMILES string of the molecule is O=C(O)c1cc2cc(Cl)ccc2nc1N[C@@H](Cc1ccc(Cl)cc1)C(=O)O. The molecule has 1 heterocycles. The summed E-state index contributed by atoms with van der Waals surface area (Å²) in [4.78, 5) is 27.6. The van der Waals surface area contributed by atoms with Gasteiger partial charge in [-0.25, -0.2) is 14.6 Å². The lowest BCUT2D eigenvalue weighted by molar-refractivity contribution is -0.137. The third-order valence-electron chi connectivity index (χ3n) is 3.97. The van der Waals surface area contributed by atoms with Gasteiger partial charge in [0.2, 0.25) is 0 Å². The number of pyridine rings is 1. The first-order valence-electron chi connectivity index (χ1n) is 7.91. The maximum Gasteiger partial charge on any atom is 0.339 e. The number of benzene rings is 2. The minimum absolute atomic E-state index is 0.0151. The van der Waals surface area contributed by atoms with Crippen molar-refractivity contribution in [2.75, 3.05) is 5.32 Å². The van der Waals surface area contributed by atoms with Crippen LogP contribution >= 0.6 is 23.2 Å². The summed E-state index contributed by atoms with van der Waals surface area (Å²) in [6.07, 6.45) is 0.131. The number of nitrogens with one attached hydrogen (secondary N) is 1. The van der Waals surface area contributed by atoms with Gasteiger partial charge < -0.3 is 15.5 Å². The highest BCUT2D eigenvalue weighted by Gasteiger charge is 2.22. The molecule has 0 amide bonds. The summed E-state index contributed by atoms with van der Waals surface area (Å²) in [6.45, 7) is 0. The van der Waals surface area contributed by atoms with Crippen molar-refractivity contribution in [3.05, 3.63) is 69.7 Å². The van der Waals surface area contributed by atoms with Gasteiger partial charge >= 0.3 is 11.9 Å². The Hall–Kier alpha value is -2.83. The van der Waals surface area contributed by atoms with Crippen molar-refractivity contribution >= 4 is 51.9 Å². The largest absolute Gasteiger partial charge is 0.480 e. The minimum atomic E-state index is -1.22. The van der Waals surface area contributed by atoms with Crippen molar-refractivity contribution in [3.63, 3.8) is 0 Å². The van der Waals surface area contributed by atoms with Crippen molar-refractivity contribution in [2.45, 2.75) is 12.5 Å². The number of aromatic carboxylic acids is 1. The molecule has 2 aromatic carbocycles. The van der Waals surface area contributed by atoms with Crippen molar-refractivity contribution < 1.29 is 19.8 Å². The summed E-state index contributed by atoms with van der Waals surface area (Å²) in [6, 6.07) is 12.0. The van der Waals surface area contributed by atoms with Crippen LogP contribution in [-0.4, -0.2) is 33.2 Å². The number of aliphatic carboxylic acids is 1. The molecule has 0 radical (unpaired) electrons. The predicted octanol–water partition coefficient (Wildman–Crippen LogP) is 4.35. The van der Waals surface area contributed by atoms with Gasteiger partial charge in [-0.05, 0) is 42.0 Å². The summed E-state index contributed by atoms with van der Waals surface area (Å²) in [5, 5.41) is 23.3. The predicted molar refractivity (Wildman–Crippen MR) is 104 cm³/mol. The van der Waals surface area contributed by atoms with E-state index in [1.165, 1.54) is 6.07 Å². The molecule has 27 heavy (non-hydrogen) atoms. The Morgan fingerprint density at radius 3 is 2.30 bits per heavy atom. The zero-order valence-corrected chi connectivity index (χ0v) is 15.3. The van der Waals surface area contributed by atoms with Gasteiger partial charge in [0.15, 0.2) is 0 Å². The van der Waals surface area contributed by atoms with Crippen LogP contribution in [0.15, 0.2) is 48.5 Å². The van der Waals surface area contributed by atoms with E-state index in [-0.39, 0.29) is 17.8 Å². The summed E-state index contributed by atoms with van der Waals surface area (Å²) >= 11 is 11.8. The fourth-order valence-electron chi connectivity index (χ4n) is 2.64. The van der Waals surface area contributed by atoms with Gasteiger partial charge in [-0.1, -0.05) is 35.3 Å². The molecule has 0 saturated heterocycles. The molecule has 0 aliphatic heterocycles. The van der Waals surface area contributed by atoms with E-state index in [9.17, 15) is 19.8 Å². The molecule has 138 valence electrons. The molecular weight excluding hydrogens is 391 g/mol. The highest BCUT2D eigenvalue weighted by Crippen LogP contribution is 2.24. The molecule has 1 aromatic heterocycles. The Morgan fingerprint density at radius 1 is 1.00 bits per heavy atom. The normalized spacial score (nSPS) is 11.9. The van der Waals surface area contributed by atoms with Gasteiger partial charge in [0.05, 0.1) is 5.52 Å². The molecule has 0 fully saturated rings. The number of anilines is 1. The number of rotatable bonds is 6. The minimum Gasteiger partial charge on any atom is -0.480 e. The first-order chi connectivity index (χ1) is 12.8. The van der Waals surface area contributed by atoms with E-state index in [1.54, 1.807) is 42.5 Å². The number of carboxylic acids is 2. The van der Waals surface area contributed by atoms with E-state index >= 15 is 0 Å². The fourth-order valence-corrected chi connectivity index (χ4v) is 2.95. The second kappa shape index (κ2) is 7.82. The molecule has 0 saturated carbocycles. The van der Waals surface area contributed by atoms with E-state index in [1.807, 2.05) is 0 Å². The number of aromatic nitrogens is 1. The highest BCUT2D eigenvalue weighted by molar-refractivity contribution is 6.31. The highest BCUT2D eigenvalue weighted by atomic mass is 35.5. The van der Waals surface area contributed by atoms with Crippen LogP contribution in [0.4, 0.5) is 5.82 Å². The summed E-state index contributed by atoms with van der Waals surface area (Å²) in [5.74, 6) is -2.36. The van der Waals surface area contributed by atoms with E-state index in [2.05, 4.69) is 10.3 Å². The standard InChI is InChI=1S/C19H14Cl2N2O4/c20-12-3-1-10(2-4-12)7-16(19(26)27)23-17-14(18(24)25)9-11-8-13(21)5-6-15(11)22-17/h1-6,8-9,16H,7H2,(H,22,23)(H,24,25)(H,26,27)/t16-/m0/s1.